The van der Waals surface area contributed by atoms with E-state index >= 15 is 0 Å². The van der Waals surface area contributed by atoms with Crippen molar-refractivity contribution < 1.29 is 9.90 Å². The van der Waals surface area contributed by atoms with E-state index in [4.69, 9.17) is 0 Å². The lowest BCUT2D eigenvalue weighted by molar-refractivity contribution is 0.0698. The van der Waals surface area contributed by atoms with Gasteiger partial charge in [-0.3, -0.25) is 0 Å². The molecule has 2 aromatic carbocycles. The van der Waals surface area contributed by atoms with Crippen LogP contribution in [0.2, 0.25) is 0 Å². The van der Waals surface area contributed by atoms with Crippen molar-refractivity contribution in [2.75, 3.05) is 41.3 Å². The maximum atomic E-state index is 11.4. The predicted molar refractivity (Wildman–Crippen MR) is 110 cm³/mol. The van der Waals surface area contributed by atoms with E-state index in [2.05, 4.69) is 49.4 Å². The molecular weight excluding hydrogens is 354 g/mol. The zero-order chi connectivity index (χ0) is 19.3. The summed E-state index contributed by atoms with van der Waals surface area (Å²) in [7, 11) is 0. The van der Waals surface area contributed by atoms with Gasteiger partial charge in [-0.1, -0.05) is 30.3 Å². The summed E-state index contributed by atoms with van der Waals surface area (Å²) < 4.78 is 0. The second-order valence-electron chi connectivity index (χ2n) is 6.55. The van der Waals surface area contributed by atoms with Gasteiger partial charge in [0, 0.05) is 37.9 Å². The highest BCUT2D eigenvalue weighted by Gasteiger charge is 2.19. The van der Waals surface area contributed by atoms with Gasteiger partial charge in [-0.05, 0) is 24.3 Å². The molecule has 0 radical (unpaired) electrons. The van der Waals surface area contributed by atoms with Gasteiger partial charge in [-0.15, -0.1) is 0 Å². The number of aromatic nitrogens is 2. The number of anilines is 4. The van der Waals surface area contributed by atoms with Gasteiger partial charge in [-0.2, -0.15) is 0 Å². The lowest BCUT2D eigenvalue weighted by Gasteiger charge is -2.36. The first-order chi connectivity index (χ1) is 13.7. The Bertz CT molecular complexity index is 956. The van der Waals surface area contributed by atoms with Crippen molar-refractivity contribution in [2.45, 2.75) is 0 Å². The number of carboxylic acid groups (broad SMARTS) is 1. The van der Waals surface area contributed by atoms with Crippen LogP contribution in [0.5, 0.6) is 0 Å². The lowest BCUT2D eigenvalue weighted by atomic mass is 10.2. The van der Waals surface area contributed by atoms with Crippen LogP contribution in [0.3, 0.4) is 0 Å². The third kappa shape index (κ3) is 3.88. The van der Waals surface area contributed by atoms with Gasteiger partial charge in [0.1, 0.15) is 18.0 Å². The molecule has 0 bridgehead atoms. The molecule has 1 fully saturated rings. The summed E-state index contributed by atoms with van der Waals surface area (Å²) in [6, 6.07) is 19.0. The minimum atomic E-state index is -0.977. The van der Waals surface area contributed by atoms with Crippen LogP contribution in [-0.2, 0) is 0 Å². The number of carboxylic acids is 1. The monoisotopic (exact) mass is 375 g/mol. The molecule has 0 spiro atoms. The molecule has 4 rings (SSSR count). The second-order valence-corrected chi connectivity index (χ2v) is 6.55. The standard InChI is InChI=1S/C21H21N5O2/c27-21(28)17-8-4-5-9-18(17)24-19-14-20(23-15-22-19)26-12-10-25(11-13-26)16-6-2-1-3-7-16/h1-9,14-15H,10-13H2,(H,27,28)(H,22,23,24). The molecule has 3 aromatic rings. The summed E-state index contributed by atoms with van der Waals surface area (Å²) in [5.74, 6) is 0.427. The number of para-hydroxylation sites is 2. The molecule has 1 saturated heterocycles. The summed E-state index contributed by atoms with van der Waals surface area (Å²) in [5, 5.41) is 12.4. The van der Waals surface area contributed by atoms with Crippen LogP contribution in [0.15, 0.2) is 67.0 Å². The van der Waals surface area contributed by atoms with Gasteiger partial charge in [0.2, 0.25) is 0 Å². The molecule has 7 nitrogen and oxygen atoms in total. The number of nitrogens with one attached hydrogen (secondary N) is 1. The van der Waals surface area contributed by atoms with Gasteiger partial charge in [-0.25, -0.2) is 14.8 Å². The number of carbonyl (C=O) groups is 1. The predicted octanol–water partition coefficient (Wildman–Crippen LogP) is 3.25. The molecule has 28 heavy (non-hydrogen) atoms. The summed E-state index contributed by atoms with van der Waals surface area (Å²) in [6.07, 6.45) is 1.50. The fourth-order valence-corrected chi connectivity index (χ4v) is 3.34. The van der Waals surface area contributed by atoms with Crippen LogP contribution in [0.25, 0.3) is 0 Å². The van der Waals surface area contributed by atoms with Crippen molar-refractivity contribution in [3.05, 3.63) is 72.6 Å². The average molecular weight is 375 g/mol. The van der Waals surface area contributed by atoms with Crippen molar-refractivity contribution in [3.8, 4) is 0 Å². The van der Waals surface area contributed by atoms with Crippen molar-refractivity contribution in [2.24, 2.45) is 0 Å². The van der Waals surface area contributed by atoms with Crippen LogP contribution in [0, 0.1) is 0 Å². The van der Waals surface area contributed by atoms with Crippen LogP contribution >= 0.6 is 0 Å². The molecule has 1 aliphatic rings. The topological polar surface area (TPSA) is 81.6 Å². The van der Waals surface area contributed by atoms with Gasteiger partial charge in [0.25, 0.3) is 0 Å². The van der Waals surface area contributed by atoms with E-state index in [1.807, 2.05) is 12.1 Å². The van der Waals surface area contributed by atoms with E-state index in [0.29, 0.717) is 11.5 Å². The number of benzene rings is 2. The SMILES string of the molecule is O=C(O)c1ccccc1Nc1cc(N2CCN(c3ccccc3)CC2)ncn1. The Morgan fingerprint density at radius 2 is 1.57 bits per heavy atom. The van der Waals surface area contributed by atoms with Gasteiger partial charge < -0.3 is 20.2 Å². The second kappa shape index (κ2) is 7.96. The molecule has 0 saturated carbocycles. The number of nitrogens with zero attached hydrogens (tertiary/aromatic N) is 4. The molecule has 2 heterocycles. The zero-order valence-corrected chi connectivity index (χ0v) is 15.3. The zero-order valence-electron chi connectivity index (χ0n) is 15.3. The fourth-order valence-electron chi connectivity index (χ4n) is 3.34. The van der Waals surface area contributed by atoms with E-state index in [9.17, 15) is 9.90 Å². The minimum absolute atomic E-state index is 0.208. The normalized spacial score (nSPS) is 14.0. The first-order valence-electron chi connectivity index (χ1n) is 9.17. The molecule has 1 aromatic heterocycles. The Labute approximate surface area is 163 Å². The largest absolute Gasteiger partial charge is 0.478 e. The van der Waals surface area contributed by atoms with E-state index in [-0.39, 0.29) is 5.56 Å². The Hall–Kier alpha value is -3.61. The van der Waals surface area contributed by atoms with E-state index < -0.39 is 5.97 Å². The maximum Gasteiger partial charge on any atom is 0.337 e. The maximum absolute atomic E-state index is 11.4. The van der Waals surface area contributed by atoms with Crippen molar-refractivity contribution in [1.82, 2.24) is 9.97 Å². The van der Waals surface area contributed by atoms with E-state index in [1.54, 1.807) is 24.3 Å². The molecular formula is C21H21N5O2. The Balaban J connectivity index is 1.46. The third-order valence-corrected chi connectivity index (χ3v) is 4.80. The van der Waals surface area contributed by atoms with Crippen LogP contribution < -0.4 is 15.1 Å². The van der Waals surface area contributed by atoms with Crippen molar-refractivity contribution >= 4 is 29.0 Å². The molecule has 142 valence electrons. The van der Waals surface area contributed by atoms with Gasteiger partial charge in [0.15, 0.2) is 0 Å². The molecule has 0 aliphatic carbocycles. The average Bonchev–Trinajstić information content (AvgIpc) is 2.75. The highest BCUT2D eigenvalue weighted by atomic mass is 16.4. The fraction of sp³-hybridized carbons (Fsp3) is 0.190. The number of aromatic carboxylic acids is 1. The molecule has 0 amide bonds. The van der Waals surface area contributed by atoms with Crippen LogP contribution in [0.4, 0.5) is 23.0 Å². The Morgan fingerprint density at radius 1 is 0.893 bits per heavy atom. The number of rotatable bonds is 5. The molecule has 7 heteroatoms. The number of hydrogen-bond acceptors (Lipinski definition) is 6. The Morgan fingerprint density at radius 3 is 2.32 bits per heavy atom. The highest BCUT2D eigenvalue weighted by molar-refractivity contribution is 5.95. The summed E-state index contributed by atoms with van der Waals surface area (Å²) in [6.45, 7) is 3.55. The van der Waals surface area contributed by atoms with Crippen molar-refractivity contribution in [3.63, 3.8) is 0 Å². The summed E-state index contributed by atoms with van der Waals surface area (Å²) in [4.78, 5) is 24.6. The molecule has 1 aliphatic heterocycles. The van der Waals surface area contributed by atoms with Gasteiger partial charge in [0.05, 0.1) is 11.3 Å². The summed E-state index contributed by atoms with van der Waals surface area (Å²) >= 11 is 0. The molecule has 0 unspecified atom stereocenters. The molecule has 2 N–H and O–H groups in total. The van der Waals surface area contributed by atoms with E-state index in [0.717, 1.165) is 32.0 Å². The third-order valence-electron chi connectivity index (χ3n) is 4.80. The van der Waals surface area contributed by atoms with Crippen molar-refractivity contribution in [1.29, 1.82) is 0 Å². The molecule has 0 atom stereocenters. The lowest BCUT2D eigenvalue weighted by Crippen LogP contribution is -2.46. The number of hydrogen-bond donors (Lipinski definition) is 2. The smallest absolute Gasteiger partial charge is 0.337 e. The first-order valence-corrected chi connectivity index (χ1v) is 9.17. The van der Waals surface area contributed by atoms with Crippen LogP contribution in [0.1, 0.15) is 10.4 Å². The quantitative estimate of drug-likeness (QED) is 0.708. The highest BCUT2D eigenvalue weighted by Crippen LogP contribution is 2.23. The van der Waals surface area contributed by atoms with Crippen LogP contribution in [-0.4, -0.2) is 47.2 Å². The first kappa shape index (κ1) is 17.8. The van der Waals surface area contributed by atoms with E-state index in [1.165, 1.54) is 12.0 Å². The van der Waals surface area contributed by atoms with Gasteiger partial charge >= 0.3 is 5.97 Å². The Kier molecular flexibility index (Phi) is 5.05. The minimum Gasteiger partial charge on any atom is -0.478 e. The number of piperazine rings is 1. The summed E-state index contributed by atoms with van der Waals surface area (Å²) in [5.41, 5.74) is 1.95.